The third-order valence-corrected chi connectivity index (χ3v) is 4.73. The lowest BCUT2D eigenvalue weighted by atomic mass is 10.0. The van der Waals surface area contributed by atoms with Crippen LogP contribution in [-0.4, -0.2) is 22.1 Å². The number of rotatable bonds is 5. The van der Waals surface area contributed by atoms with E-state index in [0.29, 0.717) is 12.3 Å². The molecule has 4 heteroatoms. The molecule has 1 saturated carbocycles. The summed E-state index contributed by atoms with van der Waals surface area (Å²) in [7, 11) is 1.97. The van der Waals surface area contributed by atoms with Crippen LogP contribution in [0.25, 0.3) is 10.9 Å². The molecular formula is C18H24N2O2. The zero-order valence-corrected chi connectivity index (χ0v) is 13.1. The van der Waals surface area contributed by atoms with Crippen LogP contribution in [0.15, 0.2) is 30.5 Å². The Morgan fingerprint density at radius 3 is 2.86 bits per heavy atom. The van der Waals surface area contributed by atoms with Crippen molar-refractivity contribution in [3.63, 3.8) is 0 Å². The summed E-state index contributed by atoms with van der Waals surface area (Å²) >= 11 is 0. The number of hydrogen-bond acceptors (Lipinski definition) is 2. The van der Waals surface area contributed by atoms with Gasteiger partial charge in [0, 0.05) is 42.7 Å². The number of aliphatic hydroxyl groups excluding tert-OH is 1. The van der Waals surface area contributed by atoms with E-state index in [1.54, 1.807) is 0 Å². The summed E-state index contributed by atoms with van der Waals surface area (Å²) in [5.41, 5.74) is 1.97. The molecule has 1 fully saturated rings. The van der Waals surface area contributed by atoms with Crippen LogP contribution in [0, 0.1) is 5.92 Å². The minimum Gasteiger partial charge on any atom is -0.386 e. The van der Waals surface area contributed by atoms with Crippen molar-refractivity contribution in [2.24, 2.45) is 13.0 Å². The second-order valence-corrected chi connectivity index (χ2v) is 6.39. The fourth-order valence-electron chi connectivity index (χ4n) is 3.51. The molecule has 2 N–H and O–H groups in total. The Morgan fingerprint density at radius 2 is 2.09 bits per heavy atom. The van der Waals surface area contributed by atoms with Crippen molar-refractivity contribution in [3.8, 4) is 0 Å². The van der Waals surface area contributed by atoms with E-state index in [4.69, 9.17) is 0 Å². The molecule has 1 aliphatic carbocycles. The zero-order valence-electron chi connectivity index (χ0n) is 13.1. The first-order valence-corrected chi connectivity index (χ1v) is 8.14. The summed E-state index contributed by atoms with van der Waals surface area (Å²) < 4.78 is 2.01. The number of aryl methyl sites for hydroxylation is 1. The summed E-state index contributed by atoms with van der Waals surface area (Å²) in [5.74, 6) is 0.598. The van der Waals surface area contributed by atoms with Crippen molar-refractivity contribution in [1.29, 1.82) is 0 Å². The lowest BCUT2D eigenvalue weighted by Gasteiger charge is -2.13. The first-order valence-electron chi connectivity index (χ1n) is 8.14. The number of hydrogen-bond donors (Lipinski definition) is 2. The van der Waals surface area contributed by atoms with Gasteiger partial charge in [-0.05, 0) is 24.8 Å². The van der Waals surface area contributed by atoms with E-state index >= 15 is 0 Å². The maximum atomic E-state index is 12.0. The van der Waals surface area contributed by atoms with E-state index in [9.17, 15) is 9.90 Å². The molecular weight excluding hydrogens is 276 g/mol. The van der Waals surface area contributed by atoms with Crippen molar-refractivity contribution in [2.75, 3.05) is 6.54 Å². The lowest BCUT2D eigenvalue weighted by Crippen LogP contribution is -2.29. The average molecular weight is 300 g/mol. The molecule has 1 aromatic carbocycles. The number of nitrogens with zero attached hydrogens (tertiary/aromatic N) is 1. The van der Waals surface area contributed by atoms with Gasteiger partial charge < -0.3 is 15.0 Å². The second-order valence-electron chi connectivity index (χ2n) is 6.39. The van der Waals surface area contributed by atoms with Gasteiger partial charge in [0.15, 0.2) is 0 Å². The molecule has 0 radical (unpaired) electrons. The molecule has 1 amide bonds. The van der Waals surface area contributed by atoms with Gasteiger partial charge >= 0.3 is 0 Å². The minimum absolute atomic E-state index is 0.0613. The smallest absolute Gasteiger partial charge is 0.220 e. The van der Waals surface area contributed by atoms with E-state index < -0.39 is 6.10 Å². The molecule has 1 aliphatic rings. The molecule has 0 spiro atoms. The molecule has 1 heterocycles. The number of fused-ring (bicyclic) bond motifs is 1. The van der Waals surface area contributed by atoms with Gasteiger partial charge in [0.1, 0.15) is 0 Å². The molecule has 1 atom stereocenters. The maximum absolute atomic E-state index is 12.0. The molecule has 118 valence electrons. The number of carbonyl (C=O) groups is 1. The number of carbonyl (C=O) groups excluding carboxylic acids is 1. The van der Waals surface area contributed by atoms with Crippen molar-refractivity contribution in [2.45, 2.75) is 38.2 Å². The number of benzene rings is 1. The fraction of sp³-hybridized carbons (Fsp3) is 0.500. The monoisotopic (exact) mass is 300 g/mol. The Balaban J connectivity index is 1.61. The zero-order chi connectivity index (χ0) is 15.5. The molecule has 0 saturated heterocycles. The Bertz CT molecular complexity index is 656. The van der Waals surface area contributed by atoms with Crippen LogP contribution in [0.4, 0.5) is 0 Å². The maximum Gasteiger partial charge on any atom is 0.220 e. The highest BCUT2D eigenvalue weighted by molar-refractivity contribution is 5.84. The third kappa shape index (κ3) is 3.17. The Kier molecular flexibility index (Phi) is 4.48. The van der Waals surface area contributed by atoms with Crippen molar-refractivity contribution >= 4 is 16.8 Å². The second kappa shape index (κ2) is 6.53. The highest BCUT2D eigenvalue weighted by Gasteiger charge is 2.20. The van der Waals surface area contributed by atoms with Gasteiger partial charge in [-0.15, -0.1) is 0 Å². The largest absolute Gasteiger partial charge is 0.386 e. The first kappa shape index (κ1) is 15.1. The van der Waals surface area contributed by atoms with Gasteiger partial charge in [-0.3, -0.25) is 4.79 Å². The Hall–Kier alpha value is -1.81. The lowest BCUT2D eigenvalue weighted by molar-refractivity contribution is -0.122. The number of aromatic nitrogens is 1. The molecule has 4 nitrogen and oxygen atoms in total. The molecule has 0 bridgehead atoms. The highest BCUT2D eigenvalue weighted by atomic mass is 16.3. The van der Waals surface area contributed by atoms with Gasteiger partial charge in [0.05, 0.1) is 6.10 Å². The van der Waals surface area contributed by atoms with E-state index in [1.807, 2.05) is 42.1 Å². The van der Waals surface area contributed by atoms with Crippen LogP contribution >= 0.6 is 0 Å². The predicted octanol–water partition coefficient (Wildman–Crippen LogP) is 2.91. The number of para-hydroxylation sites is 1. The first-order chi connectivity index (χ1) is 10.6. The van der Waals surface area contributed by atoms with Gasteiger partial charge in [-0.2, -0.15) is 0 Å². The van der Waals surface area contributed by atoms with E-state index in [-0.39, 0.29) is 12.5 Å². The van der Waals surface area contributed by atoms with Gasteiger partial charge in [0.25, 0.3) is 0 Å². The van der Waals surface area contributed by atoms with Crippen LogP contribution in [0.2, 0.25) is 0 Å². The predicted molar refractivity (Wildman–Crippen MR) is 87.5 cm³/mol. The molecule has 22 heavy (non-hydrogen) atoms. The van der Waals surface area contributed by atoms with Crippen molar-refractivity contribution in [3.05, 3.63) is 36.0 Å². The van der Waals surface area contributed by atoms with Crippen LogP contribution in [0.1, 0.15) is 43.8 Å². The molecule has 3 rings (SSSR count). The van der Waals surface area contributed by atoms with E-state index in [1.165, 1.54) is 25.7 Å². The summed E-state index contributed by atoms with van der Waals surface area (Å²) in [6, 6.07) is 8.00. The Morgan fingerprint density at radius 1 is 1.36 bits per heavy atom. The standard InChI is InChI=1S/C18H24N2O2/c1-20-12-15(14-8-4-5-9-16(14)20)17(21)11-19-18(22)10-13-6-2-3-7-13/h4-5,8-9,12-13,17,21H,2-3,6-7,10-11H2,1H3,(H,19,22). The quantitative estimate of drug-likeness (QED) is 0.892. The average Bonchev–Trinajstić information content (AvgIpc) is 3.14. The van der Waals surface area contributed by atoms with Crippen molar-refractivity contribution < 1.29 is 9.90 Å². The summed E-state index contributed by atoms with van der Waals surface area (Å²) in [4.78, 5) is 12.0. The fourth-order valence-corrected chi connectivity index (χ4v) is 3.51. The summed E-state index contributed by atoms with van der Waals surface area (Å²) in [6.45, 7) is 0.277. The van der Waals surface area contributed by atoms with Crippen LogP contribution in [-0.2, 0) is 11.8 Å². The van der Waals surface area contributed by atoms with Crippen molar-refractivity contribution in [1.82, 2.24) is 9.88 Å². The normalized spacial score (nSPS) is 17.0. The number of nitrogens with one attached hydrogen (secondary N) is 1. The number of aliphatic hydroxyl groups is 1. The van der Waals surface area contributed by atoms with Gasteiger partial charge in [0.2, 0.25) is 5.91 Å². The van der Waals surface area contributed by atoms with Gasteiger partial charge in [-0.25, -0.2) is 0 Å². The molecule has 2 aromatic rings. The number of amides is 1. The van der Waals surface area contributed by atoms with Crippen LogP contribution < -0.4 is 5.32 Å². The summed E-state index contributed by atoms with van der Waals surface area (Å²) in [5, 5.41) is 14.3. The SMILES string of the molecule is Cn1cc(C(O)CNC(=O)CC2CCCC2)c2ccccc21. The molecule has 1 aromatic heterocycles. The minimum atomic E-state index is -0.668. The van der Waals surface area contributed by atoms with E-state index in [2.05, 4.69) is 5.32 Å². The molecule has 0 aliphatic heterocycles. The van der Waals surface area contributed by atoms with Crippen LogP contribution in [0.5, 0.6) is 0 Å². The Labute approximate surface area is 131 Å². The van der Waals surface area contributed by atoms with Crippen LogP contribution in [0.3, 0.4) is 0 Å². The highest BCUT2D eigenvalue weighted by Crippen LogP contribution is 2.28. The summed E-state index contributed by atoms with van der Waals surface area (Å²) in [6.07, 6.45) is 6.70. The van der Waals surface area contributed by atoms with Gasteiger partial charge in [-0.1, -0.05) is 31.0 Å². The topological polar surface area (TPSA) is 54.3 Å². The van der Waals surface area contributed by atoms with E-state index in [0.717, 1.165) is 16.5 Å². The third-order valence-electron chi connectivity index (χ3n) is 4.73. The molecule has 1 unspecified atom stereocenters.